The number of rotatable bonds is 3. The van der Waals surface area contributed by atoms with E-state index in [-0.39, 0.29) is 0 Å². The summed E-state index contributed by atoms with van der Waals surface area (Å²) in [6.45, 7) is 5.10. The number of aromatic nitrogens is 2. The van der Waals surface area contributed by atoms with Crippen LogP contribution in [0.15, 0.2) is 12.4 Å². The molecule has 1 aromatic rings. The van der Waals surface area contributed by atoms with Crippen LogP contribution in [0, 0.1) is 5.92 Å². The van der Waals surface area contributed by atoms with Crippen LogP contribution in [0.3, 0.4) is 0 Å². The van der Waals surface area contributed by atoms with Crippen molar-refractivity contribution in [1.29, 1.82) is 0 Å². The van der Waals surface area contributed by atoms with Gasteiger partial charge in [0.05, 0.1) is 11.8 Å². The molecule has 0 aliphatic carbocycles. The molecule has 3 nitrogen and oxygen atoms in total. The first-order chi connectivity index (χ1) is 5.22. The van der Waals surface area contributed by atoms with Crippen LogP contribution in [-0.2, 0) is 6.54 Å². The van der Waals surface area contributed by atoms with Gasteiger partial charge in [-0.2, -0.15) is 5.10 Å². The van der Waals surface area contributed by atoms with E-state index in [2.05, 4.69) is 18.9 Å². The van der Waals surface area contributed by atoms with Gasteiger partial charge in [0.15, 0.2) is 6.29 Å². The van der Waals surface area contributed by atoms with Crippen molar-refractivity contribution in [3.8, 4) is 0 Å². The van der Waals surface area contributed by atoms with Crippen molar-refractivity contribution in [2.75, 3.05) is 0 Å². The average molecular weight is 152 g/mol. The zero-order valence-corrected chi connectivity index (χ0v) is 6.82. The molecule has 0 amide bonds. The Bertz CT molecular complexity index is 240. The van der Waals surface area contributed by atoms with Crippen molar-refractivity contribution in [3.05, 3.63) is 18.0 Å². The summed E-state index contributed by atoms with van der Waals surface area (Å²) in [6.07, 6.45) is 4.15. The smallest absolute Gasteiger partial charge is 0.153 e. The number of aldehydes is 1. The van der Waals surface area contributed by atoms with Gasteiger partial charge in [0.1, 0.15) is 0 Å². The second kappa shape index (κ2) is 3.32. The lowest BCUT2D eigenvalue weighted by Crippen LogP contribution is -2.04. The van der Waals surface area contributed by atoms with Crippen molar-refractivity contribution in [2.45, 2.75) is 20.4 Å². The molecule has 0 aliphatic heterocycles. The minimum absolute atomic E-state index is 0.564. The largest absolute Gasteiger partial charge is 0.298 e. The Morgan fingerprint density at radius 1 is 1.73 bits per heavy atom. The molecule has 0 radical (unpaired) electrons. The van der Waals surface area contributed by atoms with Crippen LogP contribution in [0.2, 0.25) is 0 Å². The van der Waals surface area contributed by atoms with Crippen LogP contribution < -0.4 is 0 Å². The fourth-order valence-electron chi connectivity index (χ4n) is 0.914. The van der Waals surface area contributed by atoms with E-state index >= 15 is 0 Å². The number of nitrogens with zero attached hydrogens (tertiary/aromatic N) is 2. The second-order valence-electron chi connectivity index (χ2n) is 3.01. The Kier molecular flexibility index (Phi) is 2.41. The lowest BCUT2D eigenvalue weighted by Gasteiger charge is -2.02. The van der Waals surface area contributed by atoms with Gasteiger partial charge >= 0.3 is 0 Å². The van der Waals surface area contributed by atoms with Crippen molar-refractivity contribution in [3.63, 3.8) is 0 Å². The van der Waals surface area contributed by atoms with E-state index in [1.165, 1.54) is 0 Å². The first kappa shape index (κ1) is 7.98. The molecule has 3 heteroatoms. The molecule has 1 rings (SSSR count). The van der Waals surface area contributed by atoms with Gasteiger partial charge in [-0.25, -0.2) is 0 Å². The summed E-state index contributed by atoms with van der Waals surface area (Å²) in [4.78, 5) is 10.3. The highest BCUT2D eigenvalue weighted by molar-refractivity contribution is 5.73. The molecule has 60 valence electrons. The minimum atomic E-state index is 0.564. The molecule has 0 fully saturated rings. The maximum Gasteiger partial charge on any atom is 0.153 e. The minimum Gasteiger partial charge on any atom is -0.298 e. The van der Waals surface area contributed by atoms with Crippen LogP contribution in [0.5, 0.6) is 0 Å². The monoisotopic (exact) mass is 152 g/mol. The summed E-state index contributed by atoms with van der Waals surface area (Å²) in [7, 11) is 0. The molecule has 1 heterocycles. The second-order valence-corrected chi connectivity index (χ2v) is 3.01. The molecule has 0 atom stereocenters. The first-order valence-electron chi connectivity index (χ1n) is 3.70. The van der Waals surface area contributed by atoms with E-state index in [1.54, 1.807) is 17.1 Å². The molecule has 0 saturated heterocycles. The van der Waals surface area contributed by atoms with Gasteiger partial charge in [-0.1, -0.05) is 13.8 Å². The zero-order valence-electron chi connectivity index (χ0n) is 6.82. The lowest BCUT2D eigenvalue weighted by molar-refractivity contribution is 0.112. The van der Waals surface area contributed by atoms with Gasteiger partial charge in [0, 0.05) is 12.7 Å². The summed E-state index contributed by atoms with van der Waals surface area (Å²) < 4.78 is 1.79. The summed E-state index contributed by atoms with van der Waals surface area (Å²) in [6, 6.07) is 0. The first-order valence-corrected chi connectivity index (χ1v) is 3.70. The summed E-state index contributed by atoms with van der Waals surface area (Å²) in [5.41, 5.74) is 0.644. The lowest BCUT2D eigenvalue weighted by atomic mass is 10.2. The third-order valence-corrected chi connectivity index (χ3v) is 1.34. The number of hydrogen-bond donors (Lipinski definition) is 0. The van der Waals surface area contributed by atoms with Crippen LogP contribution in [-0.4, -0.2) is 16.1 Å². The Balaban J connectivity index is 2.65. The maximum atomic E-state index is 10.3. The van der Waals surface area contributed by atoms with Gasteiger partial charge in [-0.15, -0.1) is 0 Å². The molecule has 0 bridgehead atoms. The van der Waals surface area contributed by atoms with Gasteiger partial charge in [-0.05, 0) is 5.92 Å². The van der Waals surface area contributed by atoms with Crippen molar-refractivity contribution in [2.24, 2.45) is 5.92 Å². The van der Waals surface area contributed by atoms with Crippen molar-refractivity contribution >= 4 is 6.29 Å². The van der Waals surface area contributed by atoms with Crippen LogP contribution in [0.4, 0.5) is 0 Å². The van der Waals surface area contributed by atoms with Gasteiger partial charge < -0.3 is 0 Å². The SMILES string of the molecule is CC(C)Cn1cc(C=O)cn1. The van der Waals surface area contributed by atoms with E-state index in [4.69, 9.17) is 0 Å². The maximum absolute atomic E-state index is 10.3. The number of carbonyl (C=O) groups excluding carboxylic acids is 1. The van der Waals surface area contributed by atoms with Crippen molar-refractivity contribution < 1.29 is 4.79 Å². The van der Waals surface area contributed by atoms with E-state index in [0.717, 1.165) is 12.8 Å². The normalized spacial score (nSPS) is 10.5. The Morgan fingerprint density at radius 2 is 2.45 bits per heavy atom. The topological polar surface area (TPSA) is 34.9 Å². The van der Waals surface area contributed by atoms with Gasteiger partial charge in [0.2, 0.25) is 0 Å². The predicted octanol–water partition coefficient (Wildman–Crippen LogP) is 1.35. The Morgan fingerprint density at radius 3 is 2.91 bits per heavy atom. The summed E-state index contributed by atoms with van der Waals surface area (Å²) >= 11 is 0. The highest BCUT2D eigenvalue weighted by Crippen LogP contribution is 1.99. The third kappa shape index (κ3) is 2.18. The van der Waals surface area contributed by atoms with Crippen LogP contribution >= 0.6 is 0 Å². The molecular weight excluding hydrogens is 140 g/mol. The summed E-state index contributed by atoms with van der Waals surface area (Å²) in [5.74, 6) is 0.564. The molecule has 1 aromatic heterocycles. The molecule has 0 spiro atoms. The highest BCUT2D eigenvalue weighted by Gasteiger charge is 1.98. The highest BCUT2D eigenvalue weighted by atomic mass is 16.1. The van der Waals surface area contributed by atoms with E-state index < -0.39 is 0 Å². The van der Waals surface area contributed by atoms with E-state index in [1.807, 2.05) is 0 Å². The molecule has 0 aliphatic rings. The van der Waals surface area contributed by atoms with Gasteiger partial charge in [0.25, 0.3) is 0 Å². The Labute approximate surface area is 66.0 Å². The quantitative estimate of drug-likeness (QED) is 0.613. The fourth-order valence-corrected chi connectivity index (χ4v) is 0.914. The fraction of sp³-hybridized carbons (Fsp3) is 0.500. The van der Waals surface area contributed by atoms with Gasteiger partial charge in [-0.3, -0.25) is 9.48 Å². The molecule has 0 saturated carbocycles. The Hall–Kier alpha value is -1.12. The number of carbonyl (C=O) groups is 1. The van der Waals surface area contributed by atoms with E-state index in [0.29, 0.717) is 11.5 Å². The molecule has 0 N–H and O–H groups in total. The summed E-state index contributed by atoms with van der Waals surface area (Å²) in [5, 5.41) is 4.01. The van der Waals surface area contributed by atoms with E-state index in [9.17, 15) is 4.79 Å². The number of hydrogen-bond acceptors (Lipinski definition) is 2. The molecule has 11 heavy (non-hydrogen) atoms. The standard InChI is InChI=1S/C8H12N2O/c1-7(2)4-10-5-8(6-11)3-9-10/h3,5-7H,4H2,1-2H3. The predicted molar refractivity (Wildman–Crippen MR) is 42.5 cm³/mol. The zero-order chi connectivity index (χ0) is 8.27. The van der Waals surface area contributed by atoms with Crippen molar-refractivity contribution in [1.82, 2.24) is 9.78 Å². The molecule has 0 aromatic carbocycles. The molecular formula is C8H12N2O. The van der Waals surface area contributed by atoms with Crippen LogP contribution in [0.25, 0.3) is 0 Å². The average Bonchev–Trinajstić information content (AvgIpc) is 2.34. The molecule has 0 unspecified atom stereocenters. The van der Waals surface area contributed by atoms with Crippen LogP contribution in [0.1, 0.15) is 24.2 Å². The third-order valence-electron chi connectivity index (χ3n) is 1.34.